The molecule has 16 heavy (non-hydrogen) atoms. The molecular weight excluding hydrogens is 220 g/mol. The van der Waals surface area contributed by atoms with Crippen molar-refractivity contribution < 1.29 is 22.5 Å². The van der Waals surface area contributed by atoms with Crippen molar-refractivity contribution in [1.29, 1.82) is 0 Å². The van der Waals surface area contributed by atoms with E-state index >= 15 is 0 Å². The van der Waals surface area contributed by atoms with Crippen LogP contribution in [0.3, 0.4) is 0 Å². The first kappa shape index (κ1) is 11.8. The maximum Gasteiger partial charge on any atom is 0.481 e. The molecule has 2 rings (SSSR count). The van der Waals surface area contributed by atoms with E-state index in [-0.39, 0.29) is 18.3 Å². The molecule has 0 saturated heterocycles. The molecule has 0 aliphatic heterocycles. The molecular formula is C10H15BF3O2-. The van der Waals surface area contributed by atoms with Crippen molar-refractivity contribution in [3.63, 3.8) is 0 Å². The van der Waals surface area contributed by atoms with Crippen molar-refractivity contribution >= 4 is 12.9 Å². The molecule has 0 heterocycles. The topological polar surface area (TPSA) is 26.3 Å². The number of hydrogen-bond acceptors (Lipinski definition) is 2. The highest BCUT2D eigenvalue weighted by atomic mass is 19.4. The van der Waals surface area contributed by atoms with Crippen molar-refractivity contribution in [3.8, 4) is 0 Å². The van der Waals surface area contributed by atoms with E-state index in [0.29, 0.717) is 25.7 Å². The van der Waals surface area contributed by atoms with E-state index < -0.39 is 18.2 Å². The maximum atomic E-state index is 12.6. The minimum absolute atomic E-state index is 0.183. The third-order valence-corrected chi connectivity index (χ3v) is 4.23. The Hall–Kier alpha value is -0.675. The predicted molar refractivity (Wildman–Crippen MR) is 53.9 cm³/mol. The predicted octanol–water partition coefficient (Wildman–Crippen LogP) is 2.96. The monoisotopic (exact) mass is 235 g/mol. The zero-order valence-electron chi connectivity index (χ0n) is 9.22. The SMILES string of the molecule is COC(=O)C1CCC2(CC1)CC2[B-](F)(F)F. The average molecular weight is 235 g/mol. The Morgan fingerprint density at radius 3 is 2.25 bits per heavy atom. The van der Waals surface area contributed by atoms with Crippen LogP contribution >= 0.6 is 0 Å². The van der Waals surface area contributed by atoms with Gasteiger partial charge in [-0.2, -0.15) is 0 Å². The highest BCUT2D eigenvalue weighted by Crippen LogP contribution is 2.70. The Morgan fingerprint density at radius 2 is 1.88 bits per heavy atom. The highest BCUT2D eigenvalue weighted by Gasteiger charge is 2.62. The number of methoxy groups -OCH3 is 1. The van der Waals surface area contributed by atoms with Crippen LogP contribution in [-0.4, -0.2) is 20.1 Å². The minimum Gasteiger partial charge on any atom is -0.469 e. The number of carbonyl (C=O) groups excluding carboxylic acids is 1. The number of esters is 1. The van der Waals surface area contributed by atoms with Gasteiger partial charge in [0.1, 0.15) is 0 Å². The van der Waals surface area contributed by atoms with E-state index in [1.165, 1.54) is 7.11 Å². The summed E-state index contributed by atoms with van der Waals surface area (Å²) in [5, 5.41) is 0. The van der Waals surface area contributed by atoms with Crippen molar-refractivity contribution in [2.75, 3.05) is 7.11 Å². The van der Waals surface area contributed by atoms with E-state index in [2.05, 4.69) is 4.74 Å². The van der Waals surface area contributed by atoms with Crippen LogP contribution in [0.2, 0.25) is 5.82 Å². The van der Waals surface area contributed by atoms with E-state index in [1.807, 2.05) is 0 Å². The Morgan fingerprint density at radius 1 is 1.31 bits per heavy atom. The second-order valence-electron chi connectivity index (χ2n) is 5.10. The Bertz CT molecular complexity index is 295. The molecule has 2 saturated carbocycles. The molecule has 92 valence electrons. The van der Waals surface area contributed by atoms with Crippen molar-refractivity contribution in [3.05, 3.63) is 0 Å². The fourth-order valence-corrected chi connectivity index (χ4v) is 3.08. The van der Waals surface area contributed by atoms with Gasteiger partial charge in [-0.3, -0.25) is 4.79 Å². The normalized spacial score (nSPS) is 38.5. The van der Waals surface area contributed by atoms with Crippen LogP contribution in [0.15, 0.2) is 0 Å². The number of halogens is 3. The lowest BCUT2D eigenvalue weighted by Crippen LogP contribution is -2.27. The van der Waals surface area contributed by atoms with Gasteiger partial charge in [0.2, 0.25) is 0 Å². The average Bonchev–Trinajstić information content (AvgIpc) is 2.92. The van der Waals surface area contributed by atoms with Gasteiger partial charge in [0, 0.05) is 0 Å². The molecule has 0 aromatic carbocycles. The lowest BCUT2D eigenvalue weighted by atomic mass is 9.70. The molecule has 0 aromatic rings. The lowest BCUT2D eigenvalue weighted by molar-refractivity contribution is -0.146. The van der Waals surface area contributed by atoms with Gasteiger partial charge in [-0.1, -0.05) is 17.7 Å². The number of hydrogen-bond donors (Lipinski definition) is 0. The first-order chi connectivity index (χ1) is 7.39. The molecule has 2 aliphatic rings. The third kappa shape index (κ3) is 1.94. The van der Waals surface area contributed by atoms with Crippen LogP contribution < -0.4 is 0 Å². The van der Waals surface area contributed by atoms with Gasteiger partial charge < -0.3 is 17.7 Å². The Kier molecular flexibility index (Phi) is 2.71. The van der Waals surface area contributed by atoms with E-state index in [0.717, 1.165) is 0 Å². The zero-order chi connectivity index (χ0) is 12.0. The molecule has 0 bridgehead atoms. The second-order valence-corrected chi connectivity index (χ2v) is 5.10. The van der Waals surface area contributed by atoms with Crippen LogP contribution in [-0.2, 0) is 9.53 Å². The summed E-state index contributed by atoms with van der Waals surface area (Å²) in [4.78, 5) is 11.2. The summed E-state index contributed by atoms with van der Waals surface area (Å²) >= 11 is 0. The second kappa shape index (κ2) is 3.67. The van der Waals surface area contributed by atoms with E-state index in [1.54, 1.807) is 0 Å². The van der Waals surface area contributed by atoms with Gasteiger partial charge in [0.15, 0.2) is 0 Å². The third-order valence-electron chi connectivity index (χ3n) is 4.23. The number of rotatable bonds is 2. The molecule has 0 N–H and O–H groups in total. The van der Waals surface area contributed by atoms with Crippen LogP contribution in [0.4, 0.5) is 12.9 Å². The van der Waals surface area contributed by atoms with Crippen LogP contribution in [0.1, 0.15) is 32.1 Å². The van der Waals surface area contributed by atoms with Gasteiger partial charge in [-0.15, -0.1) is 0 Å². The highest BCUT2D eigenvalue weighted by molar-refractivity contribution is 6.61. The minimum atomic E-state index is -4.69. The lowest BCUT2D eigenvalue weighted by Gasteiger charge is -2.30. The molecule has 0 aromatic heterocycles. The molecule has 1 atom stereocenters. The van der Waals surface area contributed by atoms with E-state index in [4.69, 9.17) is 0 Å². The van der Waals surface area contributed by atoms with Crippen LogP contribution in [0.5, 0.6) is 0 Å². The quantitative estimate of drug-likeness (QED) is 0.543. The molecule has 0 amide bonds. The molecule has 2 nitrogen and oxygen atoms in total. The standard InChI is InChI=1S/C10H15BF3O2/c1-16-9(15)7-2-4-10(5-3-7)6-8(10)11(12,13)14/h7-8H,2-6H2,1H3/q-1. The van der Waals surface area contributed by atoms with Gasteiger partial charge in [-0.25, -0.2) is 0 Å². The largest absolute Gasteiger partial charge is 0.481 e. The molecule has 2 aliphatic carbocycles. The van der Waals surface area contributed by atoms with Crippen molar-refractivity contribution in [2.24, 2.45) is 11.3 Å². The summed E-state index contributed by atoms with van der Waals surface area (Å²) in [6, 6.07) is 0. The zero-order valence-corrected chi connectivity index (χ0v) is 9.22. The summed E-state index contributed by atoms with van der Waals surface area (Å²) in [6.07, 6.45) is 2.44. The first-order valence-corrected chi connectivity index (χ1v) is 5.67. The fraction of sp³-hybridized carbons (Fsp3) is 0.900. The molecule has 6 heteroatoms. The van der Waals surface area contributed by atoms with E-state index in [9.17, 15) is 17.7 Å². The molecule has 1 spiro atoms. The van der Waals surface area contributed by atoms with Crippen LogP contribution in [0, 0.1) is 11.3 Å². The molecule has 0 radical (unpaired) electrons. The number of ether oxygens (including phenoxy) is 1. The van der Waals surface area contributed by atoms with Gasteiger partial charge in [-0.05, 0) is 25.7 Å². The summed E-state index contributed by atoms with van der Waals surface area (Å²) in [5.41, 5.74) is -0.511. The summed E-state index contributed by atoms with van der Waals surface area (Å²) in [5.74, 6) is -1.52. The molecule has 1 unspecified atom stereocenters. The summed E-state index contributed by atoms with van der Waals surface area (Å²) in [6.45, 7) is -4.69. The first-order valence-electron chi connectivity index (χ1n) is 5.67. The maximum absolute atomic E-state index is 12.6. The smallest absolute Gasteiger partial charge is 0.469 e. The summed E-state index contributed by atoms with van der Waals surface area (Å²) in [7, 11) is 1.32. The van der Waals surface area contributed by atoms with Gasteiger partial charge in [0.25, 0.3) is 0 Å². The van der Waals surface area contributed by atoms with Gasteiger partial charge in [0.05, 0.1) is 13.0 Å². The van der Waals surface area contributed by atoms with Gasteiger partial charge >= 0.3 is 12.9 Å². The molecule has 2 fully saturated rings. The van der Waals surface area contributed by atoms with Crippen molar-refractivity contribution in [1.82, 2.24) is 0 Å². The summed E-state index contributed by atoms with van der Waals surface area (Å²) < 4.78 is 42.3. The fourth-order valence-electron chi connectivity index (χ4n) is 3.08. The number of carbonyl (C=O) groups is 1. The van der Waals surface area contributed by atoms with Crippen molar-refractivity contribution in [2.45, 2.75) is 37.9 Å². The van der Waals surface area contributed by atoms with Crippen LogP contribution in [0.25, 0.3) is 0 Å². The Balaban J connectivity index is 1.90. The Labute approximate surface area is 92.6 Å².